The zero-order valence-electron chi connectivity index (χ0n) is 12.5. The summed E-state index contributed by atoms with van der Waals surface area (Å²) in [7, 11) is 0. The molecule has 0 radical (unpaired) electrons. The lowest BCUT2D eigenvalue weighted by Crippen LogP contribution is -2.51. The van der Waals surface area contributed by atoms with E-state index in [0.29, 0.717) is 19.4 Å². The molecule has 1 heterocycles. The normalized spacial score (nSPS) is 23.3. The van der Waals surface area contributed by atoms with Crippen molar-refractivity contribution in [2.75, 3.05) is 13.1 Å². The average molecular weight is 280 g/mol. The van der Waals surface area contributed by atoms with E-state index in [-0.39, 0.29) is 18.4 Å². The predicted molar refractivity (Wildman–Crippen MR) is 77.1 cm³/mol. The molecule has 0 bridgehead atoms. The van der Waals surface area contributed by atoms with Crippen molar-refractivity contribution in [3.8, 4) is 12.3 Å². The van der Waals surface area contributed by atoms with Crippen molar-refractivity contribution in [3.63, 3.8) is 0 Å². The number of nitrogens with one attached hydrogen (secondary N) is 1. The number of nitrogens with zero attached hydrogens (tertiary/aromatic N) is 1. The fourth-order valence-electron chi connectivity index (χ4n) is 2.76. The molecule has 1 amide bonds. The van der Waals surface area contributed by atoms with E-state index in [9.17, 15) is 14.7 Å². The van der Waals surface area contributed by atoms with Gasteiger partial charge < -0.3 is 10.4 Å². The lowest BCUT2D eigenvalue weighted by Gasteiger charge is -2.29. The summed E-state index contributed by atoms with van der Waals surface area (Å²) < 4.78 is 0. The second-order valence-corrected chi connectivity index (χ2v) is 5.50. The van der Waals surface area contributed by atoms with Crippen LogP contribution in [0.4, 0.5) is 0 Å². The number of terminal acetylenes is 1. The van der Waals surface area contributed by atoms with E-state index < -0.39 is 17.6 Å². The highest BCUT2D eigenvalue weighted by Gasteiger charge is 2.38. The van der Waals surface area contributed by atoms with E-state index in [2.05, 4.69) is 11.2 Å². The topological polar surface area (TPSA) is 69.6 Å². The number of carboxylic acid groups (broad SMARTS) is 1. The monoisotopic (exact) mass is 280 g/mol. The smallest absolute Gasteiger partial charge is 0.321 e. The van der Waals surface area contributed by atoms with E-state index in [4.69, 9.17) is 6.42 Å². The Labute approximate surface area is 120 Å². The van der Waals surface area contributed by atoms with Crippen LogP contribution in [0.5, 0.6) is 0 Å². The van der Waals surface area contributed by atoms with Gasteiger partial charge in [0.1, 0.15) is 11.6 Å². The number of carbonyl (C=O) groups excluding carboxylic acids is 1. The van der Waals surface area contributed by atoms with Crippen LogP contribution in [0.15, 0.2) is 0 Å². The minimum atomic E-state index is -0.864. The summed E-state index contributed by atoms with van der Waals surface area (Å²) in [5, 5.41) is 12.1. The molecule has 2 unspecified atom stereocenters. The molecule has 0 saturated carbocycles. The standard InChI is InChI=1S/C15H24N2O3/c1-5-15(6-2,7-3)16-12(18)10-17-9-8-11(4)13(17)14(19)20/h1,11,13H,6-10H2,2-4H3,(H,16,18)(H,19,20). The molecule has 0 aromatic rings. The van der Waals surface area contributed by atoms with Crippen LogP contribution in [0, 0.1) is 18.3 Å². The first-order valence-corrected chi connectivity index (χ1v) is 7.14. The zero-order valence-corrected chi connectivity index (χ0v) is 12.5. The highest BCUT2D eigenvalue weighted by Crippen LogP contribution is 2.24. The third-order valence-electron chi connectivity index (χ3n) is 4.27. The Balaban J connectivity index is 2.67. The van der Waals surface area contributed by atoms with Crippen molar-refractivity contribution in [2.24, 2.45) is 5.92 Å². The highest BCUT2D eigenvalue weighted by molar-refractivity contribution is 5.81. The van der Waals surface area contributed by atoms with E-state index in [1.165, 1.54) is 0 Å². The van der Waals surface area contributed by atoms with Crippen LogP contribution in [-0.2, 0) is 9.59 Å². The molecule has 1 saturated heterocycles. The molecule has 0 aromatic heterocycles. The van der Waals surface area contributed by atoms with Crippen LogP contribution in [0.1, 0.15) is 40.0 Å². The number of hydrogen-bond donors (Lipinski definition) is 2. The largest absolute Gasteiger partial charge is 0.480 e. The van der Waals surface area contributed by atoms with Gasteiger partial charge in [0.2, 0.25) is 5.91 Å². The van der Waals surface area contributed by atoms with Crippen molar-refractivity contribution >= 4 is 11.9 Å². The molecule has 1 fully saturated rings. The van der Waals surface area contributed by atoms with E-state index in [0.717, 1.165) is 6.42 Å². The third-order valence-corrected chi connectivity index (χ3v) is 4.27. The minimum absolute atomic E-state index is 0.0649. The molecule has 0 spiro atoms. The first-order chi connectivity index (χ1) is 9.39. The Morgan fingerprint density at radius 3 is 2.50 bits per heavy atom. The molecule has 112 valence electrons. The van der Waals surface area contributed by atoms with E-state index in [1.54, 1.807) is 4.90 Å². The highest BCUT2D eigenvalue weighted by atomic mass is 16.4. The molecule has 1 aliphatic rings. The molecule has 20 heavy (non-hydrogen) atoms. The molecule has 0 aliphatic carbocycles. The van der Waals surface area contributed by atoms with Crippen molar-refractivity contribution < 1.29 is 14.7 Å². The van der Waals surface area contributed by atoms with Gasteiger partial charge in [-0.15, -0.1) is 6.42 Å². The van der Waals surface area contributed by atoms with Gasteiger partial charge in [-0.3, -0.25) is 14.5 Å². The lowest BCUT2D eigenvalue weighted by molar-refractivity contribution is -0.143. The second-order valence-electron chi connectivity index (χ2n) is 5.50. The SMILES string of the molecule is C#CC(CC)(CC)NC(=O)CN1CCC(C)C1C(=O)O. The maximum atomic E-state index is 12.1. The van der Waals surface area contributed by atoms with Crippen molar-refractivity contribution in [3.05, 3.63) is 0 Å². The maximum Gasteiger partial charge on any atom is 0.321 e. The van der Waals surface area contributed by atoms with Crippen LogP contribution >= 0.6 is 0 Å². The van der Waals surface area contributed by atoms with Gasteiger partial charge in [-0.2, -0.15) is 0 Å². The number of carboxylic acids is 1. The molecule has 5 nitrogen and oxygen atoms in total. The van der Waals surface area contributed by atoms with E-state index in [1.807, 2.05) is 20.8 Å². The molecule has 2 N–H and O–H groups in total. The summed E-state index contributed by atoms with van der Waals surface area (Å²) in [5.41, 5.74) is -0.624. The molecule has 5 heteroatoms. The van der Waals surface area contributed by atoms with Gasteiger partial charge in [0.05, 0.1) is 6.54 Å². The van der Waals surface area contributed by atoms with Gasteiger partial charge in [-0.1, -0.05) is 26.7 Å². The van der Waals surface area contributed by atoms with Crippen LogP contribution in [0.3, 0.4) is 0 Å². The molecule has 0 aromatic carbocycles. The fraction of sp³-hybridized carbons (Fsp3) is 0.733. The Kier molecular flexibility index (Phi) is 5.58. The van der Waals surface area contributed by atoms with Crippen LogP contribution in [0.25, 0.3) is 0 Å². The number of rotatable bonds is 6. The number of amides is 1. The minimum Gasteiger partial charge on any atom is -0.480 e. The molecular weight excluding hydrogens is 256 g/mol. The fourth-order valence-corrected chi connectivity index (χ4v) is 2.76. The van der Waals surface area contributed by atoms with E-state index >= 15 is 0 Å². The van der Waals surface area contributed by atoms with Gasteiger partial charge in [0.15, 0.2) is 0 Å². The Morgan fingerprint density at radius 2 is 2.05 bits per heavy atom. The maximum absolute atomic E-state index is 12.1. The van der Waals surface area contributed by atoms with Crippen LogP contribution in [0.2, 0.25) is 0 Å². The van der Waals surface area contributed by atoms with Gasteiger partial charge in [-0.05, 0) is 31.7 Å². The summed E-state index contributed by atoms with van der Waals surface area (Å²) in [5.74, 6) is 1.65. The number of hydrogen-bond acceptors (Lipinski definition) is 3. The Morgan fingerprint density at radius 1 is 1.45 bits per heavy atom. The Hall–Kier alpha value is -1.54. The van der Waals surface area contributed by atoms with Crippen LogP contribution < -0.4 is 5.32 Å². The first-order valence-electron chi connectivity index (χ1n) is 7.14. The number of aliphatic carboxylic acids is 1. The third kappa shape index (κ3) is 3.51. The second kappa shape index (κ2) is 6.76. The molecular formula is C15H24N2O3. The lowest BCUT2D eigenvalue weighted by atomic mass is 9.94. The first kappa shape index (κ1) is 16.5. The summed E-state index contributed by atoms with van der Waals surface area (Å²) in [6.07, 6.45) is 7.62. The summed E-state index contributed by atoms with van der Waals surface area (Å²) in [6.45, 7) is 6.49. The molecule has 1 aliphatic heterocycles. The Bertz CT molecular complexity index is 410. The van der Waals surface area contributed by atoms with Gasteiger partial charge in [-0.25, -0.2) is 0 Å². The summed E-state index contributed by atoms with van der Waals surface area (Å²) >= 11 is 0. The summed E-state index contributed by atoms with van der Waals surface area (Å²) in [4.78, 5) is 25.1. The predicted octanol–water partition coefficient (Wildman–Crippen LogP) is 1.09. The van der Waals surface area contributed by atoms with Crippen molar-refractivity contribution in [1.29, 1.82) is 0 Å². The number of likely N-dealkylation sites (tertiary alicyclic amines) is 1. The van der Waals surface area contributed by atoms with Crippen molar-refractivity contribution in [1.82, 2.24) is 10.2 Å². The van der Waals surface area contributed by atoms with Crippen molar-refractivity contribution in [2.45, 2.75) is 51.6 Å². The quantitative estimate of drug-likeness (QED) is 0.715. The average Bonchev–Trinajstić information content (AvgIpc) is 2.77. The molecule has 2 atom stereocenters. The van der Waals surface area contributed by atoms with Gasteiger partial charge in [0, 0.05) is 0 Å². The van der Waals surface area contributed by atoms with Gasteiger partial charge in [0.25, 0.3) is 0 Å². The molecule has 1 rings (SSSR count). The van der Waals surface area contributed by atoms with Gasteiger partial charge >= 0.3 is 5.97 Å². The summed E-state index contributed by atoms with van der Waals surface area (Å²) in [6, 6.07) is -0.579. The van der Waals surface area contributed by atoms with Crippen LogP contribution in [-0.4, -0.2) is 46.6 Å². The zero-order chi connectivity index (χ0) is 15.3. The number of carbonyl (C=O) groups is 2.